The summed E-state index contributed by atoms with van der Waals surface area (Å²) < 4.78 is 1.98. The minimum atomic E-state index is 0.380. The normalized spacial score (nSPS) is 28.7. The standard InChI is InChI=1S/C20H27N5O/c1-13(2)16-9-19(25-18(22-16)6-7-21-25)23-10-14-8-15(12-23)17-4-3-5-20(26)24(17)11-14/h6-7,9,13-15,17H,3-5,8,10-12H2,1-2H3/t14?,15?,17-/m0/s1. The van der Waals surface area contributed by atoms with Gasteiger partial charge in [0.2, 0.25) is 5.91 Å². The van der Waals surface area contributed by atoms with E-state index in [2.05, 4.69) is 34.8 Å². The van der Waals surface area contributed by atoms with Gasteiger partial charge in [0.25, 0.3) is 0 Å². The van der Waals surface area contributed by atoms with Gasteiger partial charge in [-0.2, -0.15) is 9.61 Å². The van der Waals surface area contributed by atoms with Crippen LogP contribution in [0.5, 0.6) is 0 Å². The number of hydrogen-bond acceptors (Lipinski definition) is 4. The molecule has 5 rings (SSSR count). The van der Waals surface area contributed by atoms with Crippen LogP contribution in [0, 0.1) is 11.8 Å². The van der Waals surface area contributed by atoms with E-state index in [0.717, 1.165) is 49.6 Å². The van der Waals surface area contributed by atoms with Crippen LogP contribution in [-0.2, 0) is 4.79 Å². The lowest BCUT2D eigenvalue weighted by atomic mass is 9.76. The predicted molar refractivity (Wildman–Crippen MR) is 100 cm³/mol. The van der Waals surface area contributed by atoms with E-state index >= 15 is 0 Å². The van der Waals surface area contributed by atoms with Crippen LogP contribution in [0.2, 0.25) is 0 Å². The van der Waals surface area contributed by atoms with Crippen molar-refractivity contribution in [1.29, 1.82) is 0 Å². The summed E-state index contributed by atoms with van der Waals surface area (Å²) in [6.45, 7) is 7.33. The van der Waals surface area contributed by atoms with Crippen molar-refractivity contribution in [2.75, 3.05) is 24.5 Å². The molecule has 2 aromatic rings. The van der Waals surface area contributed by atoms with E-state index in [9.17, 15) is 4.79 Å². The van der Waals surface area contributed by atoms with Crippen molar-refractivity contribution in [2.24, 2.45) is 11.8 Å². The van der Waals surface area contributed by atoms with Crippen molar-refractivity contribution in [1.82, 2.24) is 19.5 Å². The van der Waals surface area contributed by atoms with Crippen molar-refractivity contribution in [3.05, 3.63) is 24.0 Å². The van der Waals surface area contributed by atoms with Crippen molar-refractivity contribution < 1.29 is 4.79 Å². The molecule has 2 bridgehead atoms. The molecule has 0 aromatic carbocycles. The van der Waals surface area contributed by atoms with E-state index in [0.29, 0.717) is 29.7 Å². The highest BCUT2D eigenvalue weighted by Gasteiger charge is 2.44. The number of aromatic nitrogens is 3. The van der Waals surface area contributed by atoms with Crippen LogP contribution in [0.3, 0.4) is 0 Å². The zero-order chi connectivity index (χ0) is 17.8. The average Bonchev–Trinajstić information content (AvgIpc) is 3.10. The minimum Gasteiger partial charge on any atom is -0.356 e. The first-order chi connectivity index (χ1) is 12.6. The van der Waals surface area contributed by atoms with E-state index in [4.69, 9.17) is 4.98 Å². The summed E-state index contributed by atoms with van der Waals surface area (Å²) >= 11 is 0. The molecular weight excluding hydrogens is 326 g/mol. The van der Waals surface area contributed by atoms with Gasteiger partial charge in [0.05, 0.1) is 6.20 Å². The molecule has 2 aromatic heterocycles. The Bertz CT molecular complexity index is 844. The maximum atomic E-state index is 12.4. The molecule has 3 aliphatic heterocycles. The third kappa shape index (κ3) is 2.49. The Kier molecular flexibility index (Phi) is 3.69. The molecule has 3 saturated heterocycles. The van der Waals surface area contributed by atoms with Gasteiger partial charge in [-0.3, -0.25) is 4.79 Å². The van der Waals surface area contributed by atoms with Crippen LogP contribution in [0.1, 0.15) is 51.1 Å². The number of piperidine rings is 3. The van der Waals surface area contributed by atoms with Crippen LogP contribution in [0.25, 0.3) is 5.65 Å². The van der Waals surface area contributed by atoms with Gasteiger partial charge < -0.3 is 9.80 Å². The fourth-order valence-corrected chi connectivity index (χ4v) is 5.23. The molecule has 138 valence electrons. The topological polar surface area (TPSA) is 53.7 Å². The maximum Gasteiger partial charge on any atom is 0.222 e. The molecule has 1 amide bonds. The lowest BCUT2D eigenvalue weighted by Gasteiger charge is -2.52. The number of carbonyl (C=O) groups is 1. The van der Waals surface area contributed by atoms with Gasteiger partial charge in [0.15, 0.2) is 5.65 Å². The molecular formula is C20H27N5O. The molecule has 3 aliphatic rings. The quantitative estimate of drug-likeness (QED) is 0.833. The van der Waals surface area contributed by atoms with Crippen molar-refractivity contribution in [3.8, 4) is 0 Å². The smallest absolute Gasteiger partial charge is 0.222 e. The lowest BCUT2D eigenvalue weighted by Crippen LogP contribution is -2.60. The summed E-state index contributed by atoms with van der Waals surface area (Å²) in [5.41, 5.74) is 2.05. The van der Waals surface area contributed by atoms with Gasteiger partial charge in [-0.15, -0.1) is 0 Å². The second-order valence-electron chi connectivity index (χ2n) is 8.57. The number of hydrogen-bond donors (Lipinski definition) is 0. The number of nitrogens with zero attached hydrogens (tertiary/aromatic N) is 5. The summed E-state index contributed by atoms with van der Waals surface area (Å²) in [6.07, 6.45) is 6.06. The van der Waals surface area contributed by atoms with Gasteiger partial charge in [-0.05, 0) is 37.0 Å². The van der Waals surface area contributed by atoms with Gasteiger partial charge in [0, 0.05) is 49.9 Å². The third-order valence-electron chi connectivity index (χ3n) is 6.46. The molecule has 0 radical (unpaired) electrons. The fraction of sp³-hybridized carbons (Fsp3) is 0.650. The highest BCUT2D eigenvalue weighted by molar-refractivity contribution is 5.77. The SMILES string of the molecule is CC(C)c1cc(N2CC3CC(C2)[C@@H]2CCCC(=O)N2C3)n2nccc2n1. The zero-order valence-electron chi connectivity index (χ0n) is 15.6. The van der Waals surface area contributed by atoms with E-state index < -0.39 is 0 Å². The molecule has 26 heavy (non-hydrogen) atoms. The van der Waals surface area contributed by atoms with Crippen molar-refractivity contribution in [2.45, 2.75) is 51.5 Å². The number of anilines is 1. The molecule has 0 saturated carbocycles. The Balaban J connectivity index is 1.50. The van der Waals surface area contributed by atoms with E-state index in [1.54, 1.807) is 0 Å². The summed E-state index contributed by atoms with van der Waals surface area (Å²) in [7, 11) is 0. The first-order valence-corrected chi connectivity index (χ1v) is 9.99. The van der Waals surface area contributed by atoms with Crippen LogP contribution < -0.4 is 4.90 Å². The number of carbonyl (C=O) groups excluding carboxylic acids is 1. The number of amides is 1. The molecule has 5 heterocycles. The zero-order valence-corrected chi connectivity index (χ0v) is 15.6. The van der Waals surface area contributed by atoms with Gasteiger partial charge in [-0.25, -0.2) is 4.98 Å². The summed E-state index contributed by atoms with van der Waals surface area (Å²) in [5, 5.41) is 4.53. The second kappa shape index (κ2) is 5.96. The van der Waals surface area contributed by atoms with E-state index in [1.807, 2.05) is 16.8 Å². The summed E-state index contributed by atoms with van der Waals surface area (Å²) in [6, 6.07) is 4.65. The minimum absolute atomic E-state index is 0.380. The maximum absolute atomic E-state index is 12.4. The highest BCUT2D eigenvalue weighted by atomic mass is 16.2. The molecule has 3 atom stereocenters. The fourth-order valence-electron chi connectivity index (χ4n) is 5.23. The molecule has 0 aliphatic carbocycles. The van der Waals surface area contributed by atoms with Crippen LogP contribution >= 0.6 is 0 Å². The van der Waals surface area contributed by atoms with Crippen LogP contribution in [0.15, 0.2) is 18.3 Å². The molecule has 2 unspecified atom stereocenters. The number of rotatable bonds is 2. The predicted octanol–water partition coefficient (Wildman–Crippen LogP) is 2.69. The second-order valence-corrected chi connectivity index (χ2v) is 8.57. The first kappa shape index (κ1) is 16.1. The molecule has 0 N–H and O–H groups in total. The Morgan fingerprint density at radius 3 is 2.96 bits per heavy atom. The molecule has 0 spiro atoms. The Morgan fingerprint density at radius 2 is 2.12 bits per heavy atom. The Morgan fingerprint density at radius 1 is 1.23 bits per heavy atom. The number of fused-ring (bicyclic) bond motifs is 5. The van der Waals surface area contributed by atoms with Gasteiger partial charge >= 0.3 is 0 Å². The third-order valence-corrected chi connectivity index (χ3v) is 6.46. The van der Waals surface area contributed by atoms with E-state index in [-0.39, 0.29) is 0 Å². The monoisotopic (exact) mass is 353 g/mol. The highest BCUT2D eigenvalue weighted by Crippen LogP contribution is 2.39. The molecule has 6 nitrogen and oxygen atoms in total. The van der Waals surface area contributed by atoms with Crippen molar-refractivity contribution in [3.63, 3.8) is 0 Å². The summed E-state index contributed by atoms with van der Waals surface area (Å²) in [5.74, 6) is 3.07. The van der Waals surface area contributed by atoms with Crippen molar-refractivity contribution >= 4 is 17.4 Å². The van der Waals surface area contributed by atoms with E-state index in [1.165, 1.54) is 12.8 Å². The molecule has 6 heteroatoms. The van der Waals surface area contributed by atoms with Gasteiger partial charge in [0.1, 0.15) is 5.82 Å². The Hall–Kier alpha value is -2.11. The first-order valence-electron chi connectivity index (χ1n) is 9.99. The molecule has 3 fully saturated rings. The largest absolute Gasteiger partial charge is 0.356 e. The lowest BCUT2D eigenvalue weighted by molar-refractivity contribution is -0.142. The average molecular weight is 353 g/mol. The van der Waals surface area contributed by atoms with Crippen LogP contribution in [-0.4, -0.2) is 51.1 Å². The Labute approximate surface area is 154 Å². The summed E-state index contributed by atoms with van der Waals surface area (Å²) in [4.78, 5) is 21.8. The van der Waals surface area contributed by atoms with Crippen LogP contribution in [0.4, 0.5) is 5.82 Å². The van der Waals surface area contributed by atoms with Gasteiger partial charge in [-0.1, -0.05) is 13.8 Å².